The molecule has 1 aromatic carbocycles. The maximum atomic E-state index is 12.3. The molecule has 2 rings (SSSR count). The summed E-state index contributed by atoms with van der Waals surface area (Å²) in [5.41, 5.74) is 0.641. The van der Waals surface area contributed by atoms with E-state index in [1.165, 1.54) is 24.3 Å². The third-order valence-corrected chi connectivity index (χ3v) is 5.17. The van der Waals surface area contributed by atoms with E-state index in [1.54, 1.807) is 13.8 Å². The Morgan fingerprint density at radius 1 is 1.33 bits per heavy atom. The van der Waals surface area contributed by atoms with Crippen molar-refractivity contribution in [3.63, 3.8) is 0 Å². The second-order valence-electron chi connectivity index (χ2n) is 4.91. The number of nitrogens with zero attached hydrogens (tertiary/aromatic N) is 1. The van der Waals surface area contributed by atoms with Crippen LogP contribution in [0.2, 0.25) is 0 Å². The van der Waals surface area contributed by atoms with Gasteiger partial charge >= 0.3 is 5.97 Å². The SMILES string of the molecule is CCOC(=O)c1sc(NC(=O)c2cccc(S(C)(=O)=O)c2)nc1C. The van der Waals surface area contributed by atoms with Crippen molar-refractivity contribution < 1.29 is 22.7 Å². The average molecular weight is 368 g/mol. The van der Waals surface area contributed by atoms with Gasteiger partial charge in [-0.3, -0.25) is 10.1 Å². The second-order valence-corrected chi connectivity index (χ2v) is 7.92. The summed E-state index contributed by atoms with van der Waals surface area (Å²) in [6, 6.07) is 5.69. The zero-order chi connectivity index (χ0) is 17.9. The summed E-state index contributed by atoms with van der Waals surface area (Å²) in [5.74, 6) is -1.00. The normalized spacial score (nSPS) is 11.1. The number of amides is 1. The van der Waals surface area contributed by atoms with Crippen molar-refractivity contribution in [2.45, 2.75) is 18.7 Å². The van der Waals surface area contributed by atoms with Gasteiger partial charge in [-0.1, -0.05) is 17.4 Å². The minimum Gasteiger partial charge on any atom is -0.462 e. The van der Waals surface area contributed by atoms with Crippen molar-refractivity contribution in [2.24, 2.45) is 0 Å². The molecule has 0 radical (unpaired) electrons. The fourth-order valence-corrected chi connectivity index (χ4v) is 3.40. The number of hydrogen-bond acceptors (Lipinski definition) is 7. The van der Waals surface area contributed by atoms with Crippen LogP contribution in [0.3, 0.4) is 0 Å². The summed E-state index contributed by atoms with van der Waals surface area (Å²) >= 11 is 1.00. The molecular formula is C15H16N2O5S2. The van der Waals surface area contributed by atoms with Crippen LogP contribution in [0, 0.1) is 6.92 Å². The van der Waals surface area contributed by atoms with Crippen LogP contribution in [0.4, 0.5) is 5.13 Å². The zero-order valence-corrected chi connectivity index (χ0v) is 15.0. The number of benzene rings is 1. The Hall–Kier alpha value is -2.26. The van der Waals surface area contributed by atoms with Crippen molar-refractivity contribution in [1.29, 1.82) is 0 Å². The van der Waals surface area contributed by atoms with Crippen molar-refractivity contribution in [1.82, 2.24) is 4.98 Å². The van der Waals surface area contributed by atoms with Gasteiger partial charge in [-0.05, 0) is 32.0 Å². The van der Waals surface area contributed by atoms with Crippen LogP contribution in [0.15, 0.2) is 29.2 Å². The number of aryl methyl sites for hydroxylation is 1. The molecule has 7 nitrogen and oxygen atoms in total. The van der Waals surface area contributed by atoms with Gasteiger partial charge in [0.05, 0.1) is 17.2 Å². The smallest absolute Gasteiger partial charge is 0.350 e. The van der Waals surface area contributed by atoms with Crippen LogP contribution in [-0.4, -0.2) is 38.1 Å². The summed E-state index contributed by atoms with van der Waals surface area (Å²) in [6.07, 6.45) is 1.07. The van der Waals surface area contributed by atoms with Crippen molar-refractivity contribution in [2.75, 3.05) is 18.2 Å². The predicted molar refractivity (Wildman–Crippen MR) is 90.3 cm³/mol. The van der Waals surface area contributed by atoms with E-state index in [-0.39, 0.29) is 22.2 Å². The second kappa shape index (κ2) is 7.10. The number of carbonyl (C=O) groups excluding carboxylic acids is 2. The van der Waals surface area contributed by atoms with E-state index in [1.807, 2.05) is 0 Å². The van der Waals surface area contributed by atoms with Crippen LogP contribution in [-0.2, 0) is 14.6 Å². The molecular weight excluding hydrogens is 352 g/mol. The topological polar surface area (TPSA) is 102 Å². The van der Waals surface area contributed by atoms with Crippen molar-refractivity contribution in [3.8, 4) is 0 Å². The number of esters is 1. The molecule has 0 unspecified atom stereocenters. The summed E-state index contributed by atoms with van der Waals surface area (Å²) < 4.78 is 28.0. The van der Waals surface area contributed by atoms with Crippen LogP contribution in [0.5, 0.6) is 0 Å². The number of ether oxygens (including phenoxy) is 1. The largest absolute Gasteiger partial charge is 0.462 e. The van der Waals surface area contributed by atoms with Crippen molar-refractivity contribution in [3.05, 3.63) is 40.4 Å². The molecule has 0 saturated carbocycles. The Bertz CT molecular complexity index is 887. The minimum atomic E-state index is -3.41. The van der Waals surface area contributed by atoms with Gasteiger partial charge in [-0.15, -0.1) is 0 Å². The maximum Gasteiger partial charge on any atom is 0.350 e. The molecule has 2 aromatic rings. The number of rotatable bonds is 5. The average Bonchev–Trinajstić information content (AvgIpc) is 2.87. The maximum absolute atomic E-state index is 12.3. The lowest BCUT2D eigenvalue weighted by Crippen LogP contribution is -2.12. The Labute approximate surface area is 143 Å². The fraction of sp³-hybridized carbons (Fsp3) is 0.267. The highest BCUT2D eigenvalue weighted by atomic mass is 32.2. The van der Waals surface area contributed by atoms with Crippen LogP contribution in [0.25, 0.3) is 0 Å². The molecule has 0 aliphatic carbocycles. The number of sulfone groups is 1. The van der Waals surface area contributed by atoms with Gasteiger partial charge in [0.25, 0.3) is 5.91 Å². The van der Waals surface area contributed by atoms with E-state index in [4.69, 9.17) is 4.74 Å². The number of thiazole rings is 1. The van der Waals surface area contributed by atoms with Crippen LogP contribution >= 0.6 is 11.3 Å². The molecule has 0 atom stereocenters. The molecule has 1 aromatic heterocycles. The Morgan fingerprint density at radius 3 is 2.67 bits per heavy atom. The molecule has 0 fully saturated rings. The molecule has 128 valence electrons. The standard InChI is InChI=1S/C15H16N2O5S2/c1-4-22-14(19)12-9(2)16-15(23-12)17-13(18)10-6-5-7-11(8-10)24(3,20)21/h5-8H,4H2,1-3H3,(H,16,17,18). The van der Waals surface area contributed by atoms with Crippen LogP contribution in [0.1, 0.15) is 32.6 Å². The first-order chi connectivity index (χ1) is 11.2. The van der Waals surface area contributed by atoms with E-state index in [0.717, 1.165) is 17.6 Å². The van der Waals surface area contributed by atoms with Crippen LogP contribution < -0.4 is 5.32 Å². The van der Waals surface area contributed by atoms with Gasteiger partial charge in [0, 0.05) is 11.8 Å². The Kier molecular flexibility index (Phi) is 5.35. The molecule has 1 amide bonds. The van der Waals surface area contributed by atoms with E-state index >= 15 is 0 Å². The number of anilines is 1. The number of hydrogen-bond donors (Lipinski definition) is 1. The zero-order valence-electron chi connectivity index (χ0n) is 13.3. The van der Waals surface area contributed by atoms with Gasteiger partial charge in [-0.25, -0.2) is 18.2 Å². The summed E-state index contributed by atoms with van der Waals surface area (Å²) in [6.45, 7) is 3.59. The van der Waals surface area contributed by atoms with Gasteiger partial charge in [0.15, 0.2) is 15.0 Å². The number of aromatic nitrogens is 1. The molecule has 1 N–H and O–H groups in total. The highest BCUT2D eigenvalue weighted by molar-refractivity contribution is 7.90. The van der Waals surface area contributed by atoms with Gasteiger partial charge in [0.2, 0.25) is 0 Å². The molecule has 0 aliphatic heterocycles. The summed E-state index contributed by atoms with van der Waals surface area (Å²) in [7, 11) is -3.41. The molecule has 0 bridgehead atoms. The minimum absolute atomic E-state index is 0.0534. The third kappa shape index (κ3) is 4.18. The van der Waals surface area contributed by atoms with Gasteiger partial charge in [0.1, 0.15) is 4.88 Å². The van der Waals surface area contributed by atoms with E-state index in [0.29, 0.717) is 10.6 Å². The first kappa shape index (κ1) is 18.1. The summed E-state index contributed by atoms with van der Waals surface area (Å²) in [4.78, 5) is 28.5. The van der Waals surface area contributed by atoms with E-state index in [9.17, 15) is 18.0 Å². The first-order valence-corrected chi connectivity index (χ1v) is 9.69. The molecule has 0 saturated heterocycles. The number of nitrogens with one attached hydrogen (secondary N) is 1. The number of carbonyl (C=O) groups is 2. The lowest BCUT2D eigenvalue weighted by Gasteiger charge is -2.04. The fourth-order valence-electron chi connectivity index (χ4n) is 1.87. The quantitative estimate of drug-likeness (QED) is 0.812. The highest BCUT2D eigenvalue weighted by Gasteiger charge is 2.18. The third-order valence-electron chi connectivity index (χ3n) is 3.00. The van der Waals surface area contributed by atoms with E-state index in [2.05, 4.69) is 10.3 Å². The molecule has 1 heterocycles. The Morgan fingerprint density at radius 2 is 2.04 bits per heavy atom. The highest BCUT2D eigenvalue weighted by Crippen LogP contribution is 2.24. The molecule has 0 aliphatic rings. The van der Waals surface area contributed by atoms with Gasteiger partial charge in [-0.2, -0.15) is 0 Å². The first-order valence-electron chi connectivity index (χ1n) is 6.98. The molecule has 0 spiro atoms. The van der Waals surface area contributed by atoms with Gasteiger partial charge < -0.3 is 4.74 Å². The predicted octanol–water partition coefficient (Wildman–Crippen LogP) is 2.28. The molecule has 24 heavy (non-hydrogen) atoms. The Balaban J connectivity index is 2.22. The van der Waals surface area contributed by atoms with Crippen molar-refractivity contribution >= 4 is 38.2 Å². The monoisotopic (exact) mass is 368 g/mol. The van der Waals surface area contributed by atoms with E-state index < -0.39 is 21.7 Å². The lowest BCUT2D eigenvalue weighted by molar-refractivity contribution is 0.0531. The summed E-state index contributed by atoms with van der Waals surface area (Å²) in [5, 5.41) is 2.80. The molecule has 9 heteroatoms. The lowest BCUT2D eigenvalue weighted by atomic mass is 10.2.